The number of H-pyrrole nitrogens is 1. The SMILES string of the molecule is Nc1c[nH]c(C(=O)Nc2ccon2)c1. The number of aromatic nitrogens is 2. The first-order chi connectivity index (χ1) is 6.75. The molecule has 0 aliphatic heterocycles. The van der Waals surface area contributed by atoms with E-state index in [1.54, 1.807) is 6.07 Å². The number of anilines is 2. The molecule has 2 aromatic heterocycles. The number of aromatic amines is 1. The molecule has 0 radical (unpaired) electrons. The molecule has 0 aromatic carbocycles. The fraction of sp³-hybridized carbons (Fsp3) is 0. The van der Waals surface area contributed by atoms with Gasteiger partial charge in [-0.15, -0.1) is 0 Å². The summed E-state index contributed by atoms with van der Waals surface area (Å²) in [5, 5.41) is 6.06. The molecule has 0 saturated carbocycles. The van der Waals surface area contributed by atoms with E-state index in [1.807, 2.05) is 0 Å². The zero-order valence-electron chi connectivity index (χ0n) is 7.15. The van der Waals surface area contributed by atoms with Gasteiger partial charge in [0.1, 0.15) is 12.0 Å². The smallest absolute Gasteiger partial charge is 0.273 e. The molecular weight excluding hydrogens is 184 g/mol. The Morgan fingerprint density at radius 3 is 3.07 bits per heavy atom. The molecule has 0 saturated heterocycles. The number of nitrogens with two attached hydrogens (primary N) is 1. The van der Waals surface area contributed by atoms with Crippen LogP contribution in [0.25, 0.3) is 0 Å². The van der Waals surface area contributed by atoms with Crippen molar-refractivity contribution in [2.75, 3.05) is 11.1 Å². The van der Waals surface area contributed by atoms with Crippen LogP contribution in [0.5, 0.6) is 0 Å². The highest BCUT2D eigenvalue weighted by Crippen LogP contribution is 2.08. The van der Waals surface area contributed by atoms with Gasteiger partial charge in [-0.3, -0.25) is 4.79 Å². The zero-order chi connectivity index (χ0) is 9.97. The topological polar surface area (TPSA) is 96.9 Å². The van der Waals surface area contributed by atoms with Gasteiger partial charge in [-0.25, -0.2) is 0 Å². The minimum absolute atomic E-state index is 0.310. The van der Waals surface area contributed by atoms with Gasteiger partial charge in [0.15, 0.2) is 5.82 Å². The van der Waals surface area contributed by atoms with E-state index in [0.717, 1.165) is 0 Å². The Labute approximate surface area is 79.1 Å². The minimum atomic E-state index is -0.310. The van der Waals surface area contributed by atoms with Crippen molar-refractivity contribution in [1.29, 1.82) is 0 Å². The van der Waals surface area contributed by atoms with E-state index in [2.05, 4.69) is 20.0 Å². The van der Waals surface area contributed by atoms with Crippen LogP contribution < -0.4 is 11.1 Å². The van der Waals surface area contributed by atoms with Crippen molar-refractivity contribution in [3.8, 4) is 0 Å². The van der Waals surface area contributed by atoms with Gasteiger partial charge in [-0.1, -0.05) is 5.16 Å². The standard InChI is InChI=1S/C8H8N4O2/c9-5-3-6(10-4-5)8(13)11-7-1-2-14-12-7/h1-4,10H,9H2,(H,11,12,13). The van der Waals surface area contributed by atoms with Gasteiger partial charge < -0.3 is 20.6 Å². The summed E-state index contributed by atoms with van der Waals surface area (Å²) in [7, 11) is 0. The van der Waals surface area contributed by atoms with E-state index < -0.39 is 0 Å². The van der Waals surface area contributed by atoms with Crippen LogP contribution in [0.4, 0.5) is 11.5 Å². The van der Waals surface area contributed by atoms with Crippen molar-refractivity contribution < 1.29 is 9.32 Å². The molecule has 0 atom stereocenters. The monoisotopic (exact) mass is 192 g/mol. The van der Waals surface area contributed by atoms with Crippen LogP contribution in [0.1, 0.15) is 10.5 Å². The Morgan fingerprint density at radius 2 is 2.50 bits per heavy atom. The van der Waals surface area contributed by atoms with Gasteiger partial charge >= 0.3 is 0 Å². The third kappa shape index (κ3) is 1.58. The van der Waals surface area contributed by atoms with Crippen molar-refractivity contribution >= 4 is 17.4 Å². The molecule has 6 nitrogen and oxygen atoms in total. The molecule has 4 N–H and O–H groups in total. The third-order valence-corrected chi connectivity index (χ3v) is 1.63. The Hall–Kier alpha value is -2.24. The number of nitrogens with one attached hydrogen (secondary N) is 2. The summed E-state index contributed by atoms with van der Waals surface area (Å²) in [6, 6.07) is 3.08. The van der Waals surface area contributed by atoms with Crippen LogP contribution in [0.3, 0.4) is 0 Å². The van der Waals surface area contributed by atoms with Gasteiger partial charge in [-0.05, 0) is 6.07 Å². The first kappa shape index (κ1) is 8.36. The van der Waals surface area contributed by atoms with Crippen LogP contribution in [0, 0.1) is 0 Å². The number of carbonyl (C=O) groups is 1. The van der Waals surface area contributed by atoms with Crippen molar-refractivity contribution in [2.45, 2.75) is 0 Å². The van der Waals surface area contributed by atoms with Crippen LogP contribution in [0.15, 0.2) is 29.1 Å². The fourth-order valence-corrected chi connectivity index (χ4v) is 1.00. The van der Waals surface area contributed by atoms with Gasteiger partial charge in [0.2, 0.25) is 0 Å². The van der Waals surface area contributed by atoms with E-state index >= 15 is 0 Å². The van der Waals surface area contributed by atoms with Crippen LogP contribution >= 0.6 is 0 Å². The van der Waals surface area contributed by atoms with Crippen molar-refractivity contribution in [2.24, 2.45) is 0 Å². The Balaban J connectivity index is 2.10. The van der Waals surface area contributed by atoms with Crippen molar-refractivity contribution in [3.05, 3.63) is 30.3 Å². The lowest BCUT2D eigenvalue weighted by molar-refractivity contribution is 0.102. The third-order valence-electron chi connectivity index (χ3n) is 1.63. The van der Waals surface area contributed by atoms with Gasteiger partial charge in [0.05, 0.1) is 0 Å². The number of rotatable bonds is 2. The average Bonchev–Trinajstić information content (AvgIpc) is 2.75. The van der Waals surface area contributed by atoms with Crippen LogP contribution in [0.2, 0.25) is 0 Å². The maximum atomic E-state index is 11.4. The summed E-state index contributed by atoms with van der Waals surface area (Å²) in [5.41, 5.74) is 6.33. The molecule has 6 heteroatoms. The van der Waals surface area contributed by atoms with E-state index in [0.29, 0.717) is 17.2 Å². The molecule has 0 spiro atoms. The van der Waals surface area contributed by atoms with Crippen molar-refractivity contribution in [1.82, 2.24) is 10.1 Å². The summed E-state index contributed by atoms with van der Waals surface area (Å²) in [6.07, 6.45) is 2.91. The summed E-state index contributed by atoms with van der Waals surface area (Å²) in [6.45, 7) is 0. The van der Waals surface area contributed by atoms with E-state index in [4.69, 9.17) is 5.73 Å². The predicted molar refractivity (Wildman–Crippen MR) is 49.7 cm³/mol. The molecule has 2 heterocycles. The Bertz CT molecular complexity index is 432. The van der Waals surface area contributed by atoms with E-state index in [-0.39, 0.29) is 5.91 Å². The summed E-state index contributed by atoms with van der Waals surface area (Å²) < 4.78 is 4.56. The lowest BCUT2D eigenvalue weighted by atomic mass is 10.4. The van der Waals surface area contributed by atoms with E-state index in [9.17, 15) is 4.79 Å². The lowest BCUT2D eigenvalue weighted by Gasteiger charge is -1.96. The number of amides is 1. The maximum Gasteiger partial charge on any atom is 0.273 e. The molecule has 0 unspecified atom stereocenters. The molecule has 72 valence electrons. The first-order valence-electron chi connectivity index (χ1n) is 3.91. The molecular formula is C8H8N4O2. The Kier molecular flexibility index (Phi) is 1.94. The molecule has 2 aromatic rings. The largest absolute Gasteiger partial charge is 0.397 e. The summed E-state index contributed by atoms with van der Waals surface area (Å²) in [4.78, 5) is 14.2. The Morgan fingerprint density at radius 1 is 1.64 bits per heavy atom. The highest BCUT2D eigenvalue weighted by molar-refractivity contribution is 6.02. The quantitative estimate of drug-likeness (QED) is 0.656. The maximum absolute atomic E-state index is 11.4. The zero-order valence-corrected chi connectivity index (χ0v) is 7.15. The highest BCUT2D eigenvalue weighted by atomic mass is 16.5. The van der Waals surface area contributed by atoms with Gasteiger partial charge in [0.25, 0.3) is 5.91 Å². The molecule has 0 fully saturated rings. The number of carbonyl (C=O) groups excluding carboxylic acids is 1. The molecule has 0 aliphatic carbocycles. The molecule has 0 aliphatic rings. The lowest BCUT2D eigenvalue weighted by Crippen LogP contribution is -2.12. The second-order valence-corrected chi connectivity index (χ2v) is 2.69. The highest BCUT2D eigenvalue weighted by Gasteiger charge is 2.08. The number of nitrogen functional groups attached to an aromatic ring is 1. The molecule has 2 rings (SSSR count). The number of hydrogen-bond acceptors (Lipinski definition) is 4. The average molecular weight is 192 g/mol. The molecule has 0 bridgehead atoms. The first-order valence-corrected chi connectivity index (χ1v) is 3.91. The summed E-state index contributed by atoms with van der Waals surface area (Å²) >= 11 is 0. The minimum Gasteiger partial charge on any atom is -0.397 e. The molecule has 14 heavy (non-hydrogen) atoms. The summed E-state index contributed by atoms with van der Waals surface area (Å²) in [5.74, 6) is 0.0544. The molecule has 1 amide bonds. The second kappa shape index (κ2) is 3.25. The normalized spacial score (nSPS) is 10.0. The number of nitrogens with zero attached hydrogens (tertiary/aromatic N) is 1. The fourth-order valence-electron chi connectivity index (χ4n) is 1.00. The second-order valence-electron chi connectivity index (χ2n) is 2.69. The van der Waals surface area contributed by atoms with Gasteiger partial charge in [0, 0.05) is 18.0 Å². The van der Waals surface area contributed by atoms with Crippen molar-refractivity contribution in [3.63, 3.8) is 0 Å². The number of hydrogen-bond donors (Lipinski definition) is 3. The van der Waals surface area contributed by atoms with Crippen LogP contribution in [-0.4, -0.2) is 16.0 Å². The van der Waals surface area contributed by atoms with E-state index in [1.165, 1.54) is 18.5 Å². The van der Waals surface area contributed by atoms with Crippen LogP contribution in [-0.2, 0) is 0 Å². The predicted octanol–water partition coefficient (Wildman–Crippen LogP) is 0.837. The van der Waals surface area contributed by atoms with Gasteiger partial charge in [-0.2, -0.15) is 0 Å².